The molecular weight excluding hydrogens is 292 g/mol. The molecule has 2 amide bonds. The number of hydrogen-bond acceptors (Lipinski definition) is 3. The molecule has 1 aromatic carbocycles. The van der Waals surface area contributed by atoms with Crippen LogP contribution in [0.25, 0.3) is 10.9 Å². The average molecular weight is 318 g/mol. The molecule has 0 saturated heterocycles. The Balaban J connectivity index is 2.13. The van der Waals surface area contributed by atoms with Crippen molar-refractivity contribution >= 4 is 22.6 Å². The van der Waals surface area contributed by atoms with Crippen molar-refractivity contribution in [2.24, 2.45) is 0 Å². The third-order valence-corrected chi connectivity index (χ3v) is 4.34. The quantitative estimate of drug-likeness (QED) is 0.764. The number of carbonyl (C=O) groups is 1. The van der Waals surface area contributed by atoms with Gasteiger partial charge in [-0.3, -0.25) is 4.68 Å². The summed E-state index contributed by atoms with van der Waals surface area (Å²) in [5.41, 5.74) is 1.03. The maximum Gasteiger partial charge on any atom is 0.319 e. The molecular formula is C17H26N4O2. The van der Waals surface area contributed by atoms with Crippen molar-refractivity contribution in [3.63, 3.8) is 0 Å². The molecule has 0 aliphatic carbocycles. The van der Waals surface area contributed by atoms with Crippen LogP contribution in [0.4, 0.5) is 10.5 Å². The van der Waals surface area contributed by atoms with Crippen molar-refractivity contribution in [3.05, 3.63) is 24.4 Å². The van der Waals surface area contributed by atoms with Gasteiger partial charge in [-0.25, -0.2) is 4.79 Å². The van der Waals surface area contributed by atoms with Crippen LogP contribution in [0.1, 0.15) is 46.6 Å². The minimum Gasteiger partial charge on any atom is -0.394 e. The summed E-state index contributed by atoms with van der Waals surface area (Å²) in [6, 6.07) is 5.61. The maximum atomic E-state index is 12.2. The van der Waals surface area contributed by atoms with E-state index in [4.69, 9.17) is 0 Å². The van der Waals surface area contributed by atoms with E-state index in [-0.39, 0.29) is 12.6 Å². The number of aromatic nitrogens is 2. The highest BCUT2D eigenvalue weighted by Gasteiger charge is 2.27. The standard InChI is InChI=1S/C17H26N4O2/c1-5-17(6-2,11-22)19-16(23)18-14-7-8-15-13(9-14)10-21(20-15)12(3)4/h7-10,12,22H,5-6,11H2,1-4H3,(H2,18,19,23). The van der Waals surface area contributed by atoms with E-state index in [0.717, 1.165) is 10.9 Å². The predicted molar refractivity (Wildman–Crippen MR) is 92.7 cm³/mol. The largest absolute Gasteiger partial charge is 0.394 e. The zero-order chi connectivity index (χ0) is 17.0. The highest BCUT2D eigenvalue weighted by molar-refractivity contribution is 5.92. The van der Waals surface area contributed by atoms with E-state index < -0.39 is 5.54 Å². The van der Waals surface area contributed by atoms with Gasteiger partial charge in [-0.15, -0.1) is 0 Å². The first-order valence-electron chi connectivity index (χ1n) is 8.12. The second-order valence-electron chi connectivity index (χ2n) is 6.20. The summed E-state index contributed by atoms with van der Waals surface area (Å²) in [4.78, 5) is 12.2. The number of benzene rings is 1. The Labute approximate surface area is 136 Å². The molecule has 0 radical (unpaired) electrons. The summed E-state index contributed by atoms with van der Waals surface area (Å²) in [5, 5.41) is 20.7. The normalized spacial score (nSPS) is 11.9. The molecule has 3 N–H and O–H groups in total. The third-order valence-electron chi connectivity index (χ3n) is 4.34. The third kappa shape index (κ3) is 3.82. The van der Waals surface area contributed by atoms with Gasteiger partial charge < -0.3 is 15.7 Å². The van der Waals surface area contributed by atoms with Crippen molar-refractivity contribution in [2.75, 3.05) is 11.9 Å². The second-order valence-corrected chi connectivity index (χ2v) is 6.20. The molecule has 0 bridgehead atoms. The van der Waals surface area contributed by atoms with E-state index in [0.29, 0.717) is 24.6 Å². The molecule has 6 heteroatoms. The molecule has 2 aromatic rings. The van der Waals surface area contributed by atoms with Gasteiger partial charge in [-0.05, 0) is 44.9 Å². The lowest BCUT2D eigenvalue weighted by molar-refractivity contribution is 0.155. The zero-order valence-corrected chi connectivity index (χ0v) is 14.3. The maximum absolute atomic E-state index is 12.2. The number of aliphatic hydroxyl groups is 1. The van der Waals surface area contributed by atoms with Crippen LogP contribution >= 0.6 is 0 Å². The molecule has 0 aliphatic heterocycles. The van der Waals surface area contributed by atoms with Crippen molar-refractivity contribution in [1.82, 2.24) is 15.1 Å². The summed E-state index contributed by atoms with van der Waals surface area (Å²) in [5.74, 6) is 0. The lowest BCUT2D eigenvalue weighted by atomic mass is 9.94. The van der Waals surface area contributed by atoms with E-state index in [1.807, 2.05) is 42.9 Å². The Morgan fingerprint density at radius 2 is 2.04 bits per heavy atom. The highest BCUT2D eigenvalue weighted by Crippen LogP contribution is 2.20. The number of carbonyl (C=O) groups excluding carboxylic acids is 1. The van der Waals surface area contributed by atoms with Crippen LogP contribution in [0.15, 0.2) is 24.4 Å². The number of fused-ring (bicyclic) bond motifs is 1. The molecule has 0 spiro atoms. The van der Waals surface area contributed by atoms with Crippen molar-refractivity contribution < 1.29 is 9.90 Å². The Morgan fingerprint density at radius 3 is 2.61 bits per heavy atom. The number of nitrogens with one attached hydrogen (secondary N) is 2. The lowest BCUT2D eigenvalue weighted by Gasteiger charge is -2.30. The number of anilines is 1. The molecule has 0 fully saturated rings. The Bertz CT molecular complexity index is 666. The zero-order valence-electron chi connectivity index (χ0n) is 14.3. The SMILES string of the molecule is CCC(CC)(CO)NC(=O)Nc1ccc2nn(C(C)C)cc2c1. The van der Waals surface area contributed by atoms with Crippen LogP contribution in [0.5, 0.6) is 0 Å². The van der Waals surface area contributed by atoms with Gasteiger partial charge in [0.2, 0.25) is 0 Å². The van der Waals surface area contributed by atoms with Crippen LogP contribution in [-0.4, -0.2) is 33.1 Å². The van der Waals surface area contributed by atoms with E-state index >= 15 is 0 Å². The minimum absolute atomic E-state index is 0.0758. The van der Waals surface area contributed by atoms with Gasteiger partial charge in [0, 0.05) is 23.3 Å². The smallest absolute Gasteiger partial charge is 0.319 e. The van der Waals surface area contributed by atoms with Gasteiger partial charge in [0.1, 0.15) is 0 Å². The van der Waals surface area contributed by atoms with E-state index in [1.54, 1.807) is 0 Å². The summed E-state index contributed by atoms with van der Waals surface area (Å²) in [6.45, 7) is 7.97. The van der Waals surface area contributed by atoms with Crippen molar-refractivity contribution in [1.29, 1.82) is 0 Å². The fraction of sp³-hybridized carbons (Fsp3) is 0.529. The fourth-order valence-electron chi connectivity index (χ4n) is 2.48. The number of aliphatic hydroxyl groups excluding tert-OH is 1. The van der Waals surface area contributed by atoms with Gasteiger partial charge in [-0.2, -0.15) is 5.10 Å². The molecule has 0 aliphatic rings. The lowest BCUT2D eigenvalue weighted by Crippen LogP contribution is -2.51. The minimum atomic E-state index is -0.573. The Kier molecular flexibility index (Phi) is 5.26. The van der Waals surface area contributed by atoms with Crippen LogP contribution in [-0.2, 0) is 0 Å². The van der Waals surface area contributed by atoms with Gasteiger partial charge in [0.15, 0.2) is 0 Å². The molecule has 6 nitrogen and oxygen atoms in total. The average Bonchev–Trinajstić information content (AvgIpc) is 2.96. The summed E-state index contributed by atoms with van der Waals surface area (Å²) in [7, 11) is 0. The molecule has 0 saturated carbocycles. The number of amides is 2. The monoisotopic (exact) mass is 318 g/mol. The molecule has 0 atom stereocenters. The summed E-state index contributed by atoms with van der Waals surface area (Å²) >= 11 is 0. The van der Waals surface area contributed by atoms with Crippen molar-refractivity contribution in [2.45, 2.75) is 52.1 Å². The number of rotatable bonds is 6. The first-order chi connectivity index (χ1) is 10.9. The molecule has 126 valence electrons. The second kappa shape index (κ2) is 7.00. The summed E-state index contributed by atoms with van der Waals surface area (Å²) < 4.78 is 1.90. The van der Waals surface area contributed by atoms with Gasteiger partial charge >= 0.3 is 6.03 Å². The van der Waals surface area contributed by atoms with Crippen LogP contribution < -0.4 is 10.6 Å². The highest BCUT2D eigenvalue weighted by atomic mass is 16.3. The van der Waals surface area contributed by atoms with Gasteiger partial charge in [0.05, 0.1) is 17.7 Å². The first kappa shape index (κ1) is 17.3. The van der Waals surface area contributed by atoms with E-state index in [1.165, 1.54) is 0 Å². The van der Waals surface area contributed by atoms with Crippen LogP contribution in [0, 0.1) is 0 Å². The van der Waals surface area contributed by atoms with Crippen LogP contribution in [0.3, 0.4) is 0 Å². The first-order valence-corrected chi connectivity index (χ1v) is 8.12. The molecule has 0 unspecified atom stereocenters. The van der Waals surface area contributed by atoms with Gasteiger partial charge in [0.25, 0.3) is 0 Å². The predicted octanol–water partition coefficient (Wildman–Crippen LogP) is 3.29. The topological polar surface area (TPSA) is 79.2 Å². The molecule has 2 rings (SSSR count). The summed E-state index contributed by atoms with van der Waals surface area (Å²) in [6.07, 6.45) is 3.32. The Morgan fingerprint density at radius 1 is 1.35 bits per heavy atom. The number of urea groups is 1. The number of hydrogen-bond donors (Lipinski definition) is 3. The fourth-order valence-corrected chi connectivity index (χ4v) is 2.48. The van der Waals surface area contributed by atoms with Crippen LogP contribution in [0.2, 0.25) is 0 Å². The van der Waals surface area contributed by atoms with E-state index in [9.17, 15) is 9.90 Å². The van der Waals surface area contributed by atoms with Gasteiger partial charge in [-0.1, -0.05) is 13.8 Å². The molecule has 1 aromatic heterocycles. The number of nitrogens with zero attached hydrogens (tertiary/aromatic N) is 2. The van der Waals surface area contributed by atoms with Crippen molar-refractivity contribution in [3.8, 4) is 0 Å². The molecule has 1 heterocycles. The molecule has 23 heavy (non-hydrogen) atoms. The van der Waals surface area contributed by atoms with E-state index in [2.05, 4.69) is 29.6 Å². The Hall–Kier alpha value is -2.08.